The van der Waals surface area contributed by atoms with Crippen LogP contribution in [0.3, 0.4) is 0 Å². The lowest BCUT2D eigenvalue weighted by molar-refractivity contribution is 0.403. The number of hydrogen-bond donors (Lipinski definition) is 2. The van der Waals surface area contributed by atoms with Crippen LogP contribution >= 0.6 is 11.6 Å². The van der Waals surface area contributed by atoms with Crippen LogP contribution in [0.25, 0.3) is 11.1 Å². The van der Waals surface area contributed by atoms with Crippen LogP contribution in [-0.4, -0.2) is 24.3 Å². The molecule has 2 rings (SSSR count). The highest BCUT2D eigenvalue weighted by molar-refractivity contribution is 6.60. The lowest BCUT2D eigenvalue weighted by Crippen LogP contribution is -2.31. The molecule has 0 saturated heterocycles. The van der Waals surface area contributed by atoms with Crippen LogP contribution in [0.1, 0.15) is 0 Å². The summed E-state index contributed by atoms with van der Waals surface area (Å²) in [6.07, 6.45) is 0. The lowest BCUT2D eigenvalue weighted by atomic mass is 9.78. The van der Waals surface area contributed by atoms with Crippen LogP contribution in [0.15, 0.2) is 30.3 Å². The Kier molecular flexibility index (Phi) is 4.28. The standard InChI is InChI=1S/C13H10BClF2O3/c1-20-13-5-10(12(15)6-11(13)14(18)19)7-2-8(16)4-9(17)3-7/h2-6,18-19H,1H3. The molecular formula is C13H10BClF2O3. The zero-order valence-electron chi connectivity index (χ0n) is 10.4. The van der Waals surface area contributed by atoms with Crippen LogP contribution in [-0.2, 0) is 0 Å². The van der Waals surface area contributed by atoms with Gasteiger partial charge in [-0.15, -0.1) is 0 Å². The third-order valence-corrected chi connectivity index (χ3v) is 3.08. The van der Waals surface area contributed by atoms with Gasteiger partial charge in [0.1, 0.15) is 17.4 Å². The minimum absolute atomic E-state index is 0.0677. The zero-order valence-corrected chi connectivity index (χ0v) is 11.2. The van der Waals surface area contributed by atoms with Crippen molar-refractivity contribution in [1.82, 2.24) is 0 Å². The van der Waals surface area contributed by atoms with Crippen molar-refractivity contribution in [1.29, 1.82) is 0 Å². The molecule has 0 atom stereocenters. The van der Waals surface area contributed by atoms with E-state index in [2.05, 4.69) is 0 Å². The van der Waals surface area contributed by atoms with E-state index in [4.69, 9.17) is 16.3 Å². The Hall–Kier alpha value is -1.63. The predicted molar refractivity (Wildman–Crippen MR) is 73.2 cm³/mol. The Morgan fingerprint density at radius 2 is 1.65 bits per heavy atom. The summed E-state index contributed by atoms with van der Waals surface area (Å²) in [5, 5.41) is 18.5. The van der Waals surface area contributed by atoms with E-state index in [1.165, 1.54) is 19.2 Å². The lowest BCUT2D eigenvalue weighted by Gasteiger charge is -2.12. The largest absolute Gasteiger partial charge is 0.497 e. The Balaban J connectivity index is 2.62. The number of rotatable bonds is 3. The van der Waals surface area contributed by atoms with E-state index < -0.39 is 18.8 Å². The van der Waals surface area contributed by atoms with Gasteiger partial charge >= 0.3 is 7.12 Å². The minimum atomic E-state index is -1.76. The molecule has 0 amide bonds. The van der Waals surface area contributed by atoms with Crippen LogP contribution in [0.2, 0.25) is 5.02 Å². The molecule has 3 nitrogen and oxygen atoms in total. The van der Waals surface area contributed by atoms with Gasteiger partial charge in [0.25, 0.3) is 0 Å². The van der Waals surface area contributed by atoms with Crippen molar-refractivity contribution in [2.24, 2.45) is 0 Å². The van der Waals surface area contributed by atoms with Crippen molar-refractivity contribution in [2.45, 2.75) is 0 Å². The number of methoxy groups -OCH3 is 1. The molecule has 2 aromatic rings. The topological polar surface area (TPSA) is 49.7 Å². The van der Waals surface area contributed by atoms with E-state index in [1.807, 2.05) is 0 Å². The maximum atomic E-state index is 13.2. The van der Waals surface area contributed by atoms with Gasteiger partial charge in [-0.25, -0.2) is 8.78 Å². The normalized spacial score (nSPS) is 10.5. The highest BCUT2D eigenvalue weighted by Crippen LogP contribution is 2.31. The van der Waals surface area contributed by atoms with Crippen molar-refractivity contribution in [3.8, 4) is 16.9 Å². The van der Waals surface area contributed by atoms with Crippen LogP contribution < -0.4 is 10.2 Å². The summed E-state index contributed by atoms with van der Waals surface area (Å²) in [7, 11) is -0.425. The van der Waals surface area contributed by atoms with Crippen LogP contribution in [0, 0.1) is 11.6 Å². The first-order chi connectivity index (χ1) is 9.42. The quantitative estimate of drug-likeness (QED) is 0.852. The molecule has 2 aromatic carbocycles. The second kappa shape index (κ2) is 5.79. The van der Waals surface area contributed by atoms with Crippen molar-refractivity contribution in [3.63, 3.8) is 0 Å². The van der Waals surface area contributed by atoms with Gasteiger partial charge in [-0.05, 0) is 29.8 Å². The summed E-state index contributed by atoms with van der Waals surface area (Å²) in [6.45, 7) is 0. The highest BCUT2D eigenvalue weighted by Gasteiger charge is 2.20. The Morgan fingerprint density at radius 3 is 2.15 bits per heavy atom. The number of hydrogen-bond acceptors (Lipinski definition) is 3. The molecule has 0 bridgehead atoms. The predicted octanol–water partition coefficient (Wildman–Crippen LogP) is 1.97. The van der Waals surface area contributed by atoms with Gasteiger partial charge in [-0.2, -0.15) is 0 Å². The Labute approximate surface area is 119 Å². The molecular weight excluding hydrogens is 288 g/mol. The fourth-order valence-corrected chi connectivity index (χ4v) is 2.16. The maximum absolute atomic E-state index is 13.2. The molecule has 0 radical (unpaired) electrons. The maximum Gasteiger partial charge on any atom is 0.492 e. The number of benzene rings is 2. The first-order valence-corrected chi connectivity index (χ1v) is 6.00. The van der Waals surface area contributed by atoms with Crippen LogP contribution in [0.4, 0.5) is 8.78 Å². The minimum Gasteiger partial charge on any atom is -0.497 e. The fourth-order valence-electron chi connectivity index (χ4n) is 1.88. The van der Waals surface area contributed by atoms with Crippen molar-refractivity contribution >= 4 is 24.2 Å². The van der Waals surface area contributed by atoms with Gasteiger partial charge in [-0.1, -0.05) is 11.6 Å². The van der Waals surface area contributed by atoms with Gasteiger partial charge in [0.15, 0.2) is 0 Å². The Morgan fingerprint density at radius 1 is 1.05 bits per heavy atom. The van der Waals surface area contributed by atoms with Gasteiger partial charge in [0, 0.05) is 22.1 Å². The van der Waals surface area contributed by atoms with E-state index in [0.717, 1.165) is 18.2 Å². The van der Waals surface area contributed by atoms with Gasteiger partial charge in [0.2, 0.25) is 0 Å². The molecule has 104 valence electrons. The first kappa shape index (κ1) is 14.8. The van der Waals surface area contributed by atoms with E-state index in [0.29, 0.717) is 5.56 Å². The molecule has 20 heavy (non-hydrogen) atoms. The fraction of sp³-hybridized carbons (Fsp3) is 0.0769. The molecule has 0 aliphatic carbocycles. The monoisotopic (exact) mass is 298 g/mol. The van der Waals surface area contributed by atoms with Gasteiger partial charge in [-0.3, -0.25) is 0 Å². The van der Waals surface area contributed by atoms with Gasteiger partial charge in [0.05, 0.1) is 7.11 Å². The molecule has 0 spiro atoms. The molecule has 0 heterocycles. The first-order valence-electron chi connectivity index (χ1n) is 5.62. The summed E-state index contributed by atoms with van der Waals surface area (Å²) in [6, 6.07) is 5.67. The molecule has 7 heteroatoms. The summed E-state index contributed by atoms with van der Waals surface area (Å²) in [4.78, 5) is 0. The molecule has 0 aliphatic heterocycles. The molecule has 0 saturated carbocycles. The van der Waals surface area contributed by atoms with Crippen LogP contribution in [0.5, 0.6) is 5.75 Å². The van der Waals surface area contributed by atoms with E-state index in [9.17, 15) is 18.8 Å². The van der Waals surface area contributed by atoms with E-state index >= 15 is 0 Å². The summed E-state index contributed by atoms with van der Waals surface area (Å²) in [5.41, 5.74) is 0.620. The zero-order chi connectivity index (χ0) is 14.9. The SMILES string of the molecule is COc1cc(-c2cc(F)cc(F)c2)c(Cl)cc1B(O)O. The smallest absolute Gasteiger partial charge is 0.492 e. The molecule has 2 N–H and O–H groups in total. The summed E-state index contributed by atoms with van der Waals surface area (Å²) in [5.74, 6) is -1.31. The summed E-state index contributed by atoms with van der Waals surface area (Å²) >= 11 is 6.02. The van der Waals surface area contributed by atoms with E-state index in [1.54, 1.807) is 0 Å². The third-order valence-electron chi connectivity index (χ3n) is 2.77. The average molecular weight is 298 g/mol. The van der Waals surface area contributed by atoms with E-state index in [-0.39, 0.29) is 21.8 Å². The Bertz CT molecular complexity index is 630. The third kappa shape index (κ3) is 2.93. The average Bonchev–Trinajstić information content (AvgIpc) is 2.37. The second-order valence-electron chi connectivity index (χ2n) is 4.11. The molecule has 0 fully saturated rings. The van der Waals surface area contributed by atoms with Gasteiger partial charge < -0.3 is 14.8 Å². The van der Waals surface area contributed by atoms with Crippen molar-refractivity contribution in [3.05, 3.63) is 47.0 Å². The van der Waals surface area contributed by atoms with Crippen molar-refractivity contribution in [2.75, 3.05) is 7.11 Å². The second-order valence-corrected chi connectivity index (χ2v) is 4.51. The molecule has 0 aliphatic rings. The number of ether oxygens (including phenoxy) is 1. The number of halogens is 3. The highest BCUT2D eigenvalue weighted by atomic mass is 35.5. The molecule has 0 unspecified atom stereocenters. The van der Waals surface area contributed by atoms with Crippen molar-refractivity contribution < 1.29 is 23.6 Å². The molecule has 0 aromatic heterocycles. The summed E-state index contributed by atoms with van der Waals surface area (Å²) < 4.78 is 31.5.